The molecular weight excluding hydrogens is 271 g/mol. The Bertz CT molecular complexity index is 682. The summed E-state index contributed by atoms with van der Waals surface area (Å²) in [7, 11) is 0. The molecule has 21 heavy (non-hydrogen) atoms. The first-order chi connectivity index (χ1) is 10.1. The fourth-order valence-electron chi connectivity index (χ4n) is 1.72. The van der Waals surface area contributed by atoms with E-state index in [9.17, 15) is 4.39 Å². The zero-order valence-electron chi connectivity index (χ0n) is 11.9. The molecule has 1 heterocycles. The van der Waals surface area contributed by atoms with Gasteiger partial charge in [0.1, 0.15) is 23.2 Å². The molecule has 1 N–H and O–H groups in total. The molecule has 0 unspecified atom stereocenters. The summed E-state index contributed by atoms with van der Waals surface area (Å²) < 4.78 is 19.1. The summed E-state index contributed by atoms with van der Waals surface area (Å²) in [6.45, 7) is 4.58. The molecule has 0 saturated carbocycles. The van der Waals surface area contributed by atoms with Crippen LogP contribution in [0.2, 0.25) is 0 Å². The lowest BCUT2D eigenvalue weighted by molar-refractivity contribution is 0.455. The number of anilines is 1. The van der Waals surface area contributed by atoms with Crippen LogP contribution in [-0.4, -0.2) is 16.5 Å². The maximum Gasteiger partial charge on any atom is 0.226 e. The van der Waals surface area contributed by atoms with Gasteiger partial charge in [-0.25, -0.2) is 9.37 Å². The van der Waals surface area contributed by atoms with Gasteiger partial charge in [-0.15, -0.1) is 0 Å². The van der Waals surface area contributed by atoms with Crippen molar-refractivity contribution in [2.45, 2.75) is 20.3 Å². The Morgan fingerprint density at radius 2 is 2.19 bits per heavy atom. The highest BCUT2D eigenvalue weighted by Crippen LogP contribution is 2.26. The van der Waals surface area contributed by atoms with E-state index >= 15 is 0 Å². The van der Waals surface area contributed by atoms with Crippen LogP contribution in [0.4, 0.5) is 10.3 Å². The van der Waals surface area contributed by atoms with Crippen LogP contribution in [0, 0.1) is 24.1 Å². The lowest BCUT2D eigenvalue weighted by Crippen LogP contribution is -2.06. The number of hydrogen-bond donors (Lipinski definition) is 1. The van der Waals surface area contributed by atoms with Gasteiger partial charge >= 0.3 is 0 Å². The molecule has 0 amide bonds. The van der Waals surface area contributed by atoms with E-state index in [1.165, 1.54) is 18.2 Å². The van der Waals surface area contributed by atoms with Crippen LogP contribution in [-0.2, 0) is 0 Å². The molecule has 1 aromatic heterocycles. The molecular formula is C15H15FN4O. The van der Waals surface area contributed by atoms with Crippen molar-refractivity contribution in [1.82, 2.24) is 9.97 Å². The van der Waals surface area contributed by atoms with Crippen molar-refractivity contribution in [3.8, 4) is 17.7 Å². The van der Waals surface area contributed by atoms with Crippen molar-refractivity contribution in [3.63, 3.8) is 0 Å². The number of aryl methyl sites for hydroxylation is 1. The molecule has 1 aromatic carbocycles. The van der Waals surface area contributed by atoms with E-state index < -0.39 is 5.82 Å². The summed E-state index contributed by atoms with van der Waals surface area (Å²) in [6.07, 6.45) is 0.940. The smallest absolute Gasteiger partial charge is 0.226 e. The van der Waals surface area contributed by atoms with Gasteiger partial charge in [-0.2, -0.15) is 10.2 Å². The third kappa shape index (κ3) is 3.66. The normalized spacial score (nSPS) is 10.0. The van der Waals surface area contributed by atoms with Crippen LogP contribution in [0.15, 0.2) is 24.3 Å². The van der Waals surface area contributed by atoms with E-state index in [0.717, 1.165) is 13.0 Å². The van der Waals surface area contributed by atoms with Crippen LogP contribution >= 0.6 is 0 Å². The first-order valence-corrected chi connectivity index (χ1v) is 6.60. The third-order valence-corrected chi connectivity index (χ3v) is 2.67. The van der Waals surface area contributed by atoms with Gasteiger partial charge in [-0.3, -0.25) is 0 Å². The number of nitrogens with zero attached hydrogens (tertiary/aromatic N) is 3. The largest absolute Gasteiger partial charge is 0.437 e. The summed E-state index contributed by atoms with van der Waals surface area (Å²) in [4.78, 5) is 8.43. The minimum Gasteiger partial charge on any atom is -0.437 e. The minimum atomic E-state index is -0.620. The molecule has 0 aliphatic rings. The highest BCUT2D eigenvalue weighted by molar-refractivity contribution is 5.45. The molecule has 0 spiro atoms. The highest BCUT2D eigenvalue weighted by atomic mass is 19.1. The van der Waals surface area contributed by atoms with Gasteiger partial charge in [0.05, 0.1) is 0 Å². The first kappa shape index (κ1) is 14.7. The number of nitriles is 1. The van der Waals surface area contributed by atoms with E-state index in [1.807, 2.05) is 13.8 Å². The number of nitrogens with one attached hydrogen (secondary N) is 1. The van der Waals surface area contributed by atoms with E-state index in [-0.39, 0.29) is 17.2 Å². The monoisotopic (exact) mass is 286 g/mol. The predicted octanol–water partition coefficient (Wildman–Crippen LogP) is 3.41. The van der Waals surface area contributed by atoms with Gasteiger partial charge in [-0.1, -0.05) is 13.0 Å². The summed E-state index contributed by atoms with van der Waals surface area (Å²) in [5.74, 6) is 0.229. The fraction of sp³-hybridized carbons (Fsp3) is 0.267. The Morgan fingerprint density at radius 1 is 1.38 bits per heavy atom. The minimum absolute atomic E-state index is 0.136. The zero-order chi connectivity index (χ0) is 15.2. The van der Waals surface area contributed by atoms with Crippen molar-refractivity contribution in [3.05, 3.63) is 41.3 Å². The Balaban J connectivity index is 2.30. The zero-order valence-corrected chi connectivity index (χ0v) is 11.9. The van der Waals surface area contributed by atoms with E-state index in [2.05, 4.69) is 15.3 Å². The Labute approximate surface area is 122 Å². The lowest BCUT2D eigenvalue weighted by atomic mass is 10.2. The Hall–Kier alpha value is -2.68. The summed E-state index contributed by atoms with van der Waals surface area (Å²) in [5, 5.41) is 12.0. The number of hydrogen-bond acceptors (Lipinski definition) is 5. The summed E-state index contributed by atoms with van der Waals surface area (Å²) in [6, 6.07) is 7.64. The summed E-state index contributed by atoms with van der Waals surface area (Å²) >= 11 is 0. The molecule has 6 heteroatoms. The molecule has 0 atom stereocenters. The number of rotatable bonds is 5. The predicted molar refractivity (Wildman–Crippen MR) is 76.7 cm³/mol. The molecule has 2 rings (SSSR count). The Morgan fingerprint density at radius 3 is 2.90 bits per heavy atom. The fourth-order valence-corrected chi connectivity index (χ4v) is 1.72. The molecule has 0 radical (unpaired) electrons. The number of benzene rings is 1. The van der Waals surface area contributed by atoms with Gasteiger partial charge in [0.15, 0.2) is 0 Å². The van der Waals surface area contributed by atoms with Gasteiger partial charge in [0.25, 0.3) is 0 Å². The molecule has 0 aliphatic heterocycles. The van der Waals surface area contributed by atoms with Gasteiger partial charge in [0, 0.05) is 18.3 Å². The molecule has 2 aromatic rings. The molecule has 5 nitrogen and oxygen atoms in total. The van der Waals surface area contributed by atoms with E-state index in [0.29, 0.717) is 11.6 Å². The first-order valence-electron chi connectivity index (χ1n) is 6.60. The SMILES string of the molecule is CCCNc1nc(C)cc(Oc2cccc(F)c2C#N)n1. The van der Waals surface area contributed by atoms with Gasteiger partial charge in [-0.05, 0) is 25.5 Å². The average molecular weight is 286 g/mol. The number of ether oxygens (including phenoxy) is 1. The molecule has 0 fully saturated rings. The van der Waals surface area contributed by atoms with Gasteiger partial charge in [0.2, 0.25) is 11.8 Å². The molecule has 0 saturated heterocycles. The van der Waals surface area contributed by atoms with Crippen molar-refractivity contribution in [1.29, 1.82) is 5.26 Å². The number of halogens is 1. The molecule has 0 bridgehead atoms. The second-order valence-corrected chi connectivity index (χ2v) is 4.42. The number of aromatic nitrogens is 2. The topological polar surface area (TPSA) is 70.8 Å². The van der Waals surface area contributed by atoms with Crippen molar-refractivity contribution < 1.29 is 9.13 Å². The van der Waals surface area contributed by atoms with E-state index in [1.54, 1.807) is 12.1 Å². The molecule has 108 valence electrons. The van der Waals surface area contributed by atoms with Crippen LogP contribution in [0.1, 0.15) is 24.6 Å². The molecule has 0 aliphatic carbocycles. The van der Waals surface area contributed by atoms with Gasteiger partial charge < -0.3 is 10.1 Å². The standard InChI is InChI=1S/C15H15FN4O/c1-3-7-18-15-19-10(2)8-14(20-15)21-13-6-4-5-12(16)11(13)9-17/h4-6,8H,3,7H2,1-2H3,(H,18,19,20). The second-order valence-electron chi connectivity index (χ2n) is 4.42. The average Bonchev–Trinajstić information content (AvgIpc) is 2.45. The van der Waals surface area contributed by atoms with Crippen molar-refractivity contribution in [2.24, 2.45) is 0 Å². The highest BCUT2D eigenvalue weighted by Gasteiger charge is 2.11. The van der Waals surface area contributed by atoms with Crippen LogP contribution in [0.5, 0.6) is 11.6 Å². The maximum atomic E-state index is 13.5. The van der Waals surface area contributed by atoms with Crippen molar-refractivity contribution in [2.75, 3.05) is 11.9 Å². The summed E-state index contributed by atoms with van der Waals surface area (Å²) in [5.41, 5.74) is 0.574. The van der Waals surface area contributed by atoms with E-state index in [4.69, 9.17) is 10.00 Å². The van der Waals surface area contributed by atoms with Crippen LogP contribution < -0.4 is 10.1 Å². The third-order valence-electron chi connectivity index (χ3n) is 2.67. The quantitative estimate of drug-likeness (QED) is 0.912. The van der Waals surface area contributed by atoms with Crippen molar-refractivity contribution >= 4 is 5.95 Å². The second kappa shape index (κ2) is 6.66. The maximum absolute atomic E-state index is 13.5. The van der Waals surface area contributed by atoms with Crippen LogP contribution in [0.3, 0.4) is 0 Å². The lowest BCUT2D eigenvalue weighted by Gasteiger charge is -2.09. The van der Waals surface area contributed by atoms with Crippen LogP contribution in [0.25, 0.3) is 0 Å². The Kier molecular flexibility index (Phi) is 4.67.